The van der Waals surface area contributed by atoms with Gasteiger partial charge < -0.3 is 20.2 Å². The highest BCUT2D eigenvalue weighted by Gasteiger charge is 2.18. The molecule has 0 saturated heterocycles. The Morgan fingerprint density at radius 3 is 2.56 bits per heavy atom. The van der Waals surface area contributed by atoms with Crippen LogP contribution < -0.4 is 10.6 Å². The summed E-state index contributed by atoms with van der Waals surface area (Å²) in [6.45, 7) is 3.48. The van der Waals surface area contributed by atoms with Crippen molar-refractivity contribution in [2.45, 2.75) is 26.4 Å². The third kappa shape index (κ3) is 4.87. The summed E-state index contributed by atoms with van der Waals surface area (Å²) in [5.74, 6) is -2.51. The second-order valence-corrected chi connectivity index (χ2v) is 5.51. The zero-order chi connectivity index (χ0) is 18.6. The summed E-state index contributed by atoms with van der Waals surface area (Å²) >= 11 is 0. The van der Waals surface area contributed by atoms with Crippen LogP contribution in [0, 0.1) is 25.5 Å². The lowest BCUT2D eigenvalue weighted by molar-refractivity contribution is -0.136. The van der Waals surface area contributed by atoms with Gasteiger partial charge in [0.1, 0.15) is 23.2 Å². The topological polar surface area (TPSA) is 91.6 Å². The van der Waals surface area contributed by atoms with Crippen LogP contribution in [0.3, 0.4) is 0 Å². The fourth-order valence-electron chi connectivity index (χ4n) is 2.31. The molecule has 1 unspecified atom stereocenters. The molecule has 0 aliphatic heterocycles. The Hall–Kier alpha value is -2.74. The third-order valence-electron chi connectivity index (χ3n) is 3.52. The Bertz CT molecular complexity index is 789. The smallest absolute Gasteiger partial charge is 0.313 e. The van der Waals surface area contributed by atoms with Gasteiger partial charge in [-0.2, -0.15) is 0 Å². The fraction of sp³-hybridized carbons (Fsp3) is 0.294. The van der Waals surface area contributed by atoms with Gasteiger partial charge >= 0.3 is 11.8 Å². The highest BCUT2D eigenvalue weighted by molar-refractivity contribution is 6.39. The van der Waals surface area contributed by atoms with Crippen molar-refractivity contribution in [3.63, 3.8) is 0 Å². The minimum atomic E-state index is -1.13. The van der Waals surface area contributed by atoms with Crippen LogP contribution >= 0.6 is 0 Å². The van der Waals surface area contributed by atoms with Crippen LogP contribution in [0.4, 0.5) is 14.5 Å². The van der Waals surface area contributed by atoms with Crippen molar-refractivity contribution < 1.29 is 27.9 Å². The van der Waals surface area contributed by atoms with Gasteiger partial charge in [0.25, 0.3) is 0 Å². The number of amides is 2. The molecule has 0 bridgehead atoms. The molecule has 0 aliphatic rings. The van der Waals surface area contributed by atoms with E-state index in [0.29, 0.717) is 17.1 Å². The van der Waals surface area contributed by atoms with Crippen molar-refractivity contribution in [1.82, 2.24) is 5.32 Å². The first-order valence-electron chi connectivity index (χ1n) is 7.57. The number of aliphatic hydroxyl groups excluding tert-OH is 1. The summed E-state index contributed by atoms with van der Waals surface area (Å²) in [6.07, 6.45) is -0.700. The second kappa shape index (κ2) is 7.89. The zero-order valence-electron chi connectivity index (χ0n) is 13.7. The molecule has 134 valence electrons. The number of aryl methyl sites for hydroxylation is 2. The molecule has 6 nitrogen and oxygen atoms in total. The maximum Gasteiger partial charge on any atom is 0.313 e. The van der Waals surface area contributed by atoms with Crippen LogP contribution in [0.1, 0.15) is 29.6 Å². The first-order chi connectivity index (χ1) is 11.8. The van der Waals surface area contributed by atoms with Crippen molar-refractivity contribution >= 4 is 17.5 Å². The Morgan fingerprint density at radius 2 is 1.92 bits per heavy atom. The Kier molecular flexibility index (Phi) is 5.87. The maximum absolute atomic E-state index is 13.4. The van der Waals surface area contributed by atoms with E-state index in [-0.39, 0.29) is 13.0 Å². The number of carbonyl (C=O) groups excluding carboxylic acids is 2. The number of carbonyl (C=O) groups is 2. The van der Waals surface area contributed by atoms with E-state index >= 15 is 0 Å². The van der Waals surface area contributed by atoms with Gasteiger partial charge in [0, 0.05) is 18.2 Å². The average Bonchev–Trinajstić information content (AvgIpc) is 2.89. The molecular formula is C17H18F2N2O4. The van der Waals surface area contributed by atoms with E-state index in [2.05, 4.69) is 5.32 Å². The summed E-state index contributed by atoms with van der Waals surface area (Å²) in [7, 11) is 0. The Labute approximate surface area is 142 Å². The summed E-state index contributed by atoms with van der Waals surface area (Å²) < 4.78 is 31.8. The minimum absolute atomic E-state index is 0.0166. The average molecular weight is 352 g/mol. The molecule has 0 aliphatic carbocycles. The van der Waals surface area contributed by atoms with E-state index in [9.17, 15) is 23.5 Å². The number of benzene rings is 1. The van der Waals surface area contributed by atoms with Crippen molar-refractivity contribution in [2.24, 2.45) is 0 Å². The molecule has 3 N–H and O–H groups in total. The number of anilines is 1. The number of halogens is 2. The molecule has 8 heteroatoms. The first kappa shape index (κ1) is 18.6. The van der Waals surface area contributed by atoms with Gasteiger partial charge in [0.05, 0.1) is 11.8 Å². The molecule has 25 heavy (non-hydrogen) atoms. The van der Waals surface area contributed by atoms with Gasteiger partial charge in [-0.05, 0) is 38.5 Å². The van der Waals surface area contributed by atoms with Gasteiger partial charge in [0.15, 0.2) is 0 Å². The molecule has 2 amide bonds. The molecule has 0 saturated carbocycles. The van der Waals surface area contributed by atoms with Crippen molar-refractivity contribution in [2.75, 3.05) is 11.9 Å². The molecule has 0 fully saturated rings. The second-order valence-electron chi connectivity index (χ2n) is 5.51. The third-order valence-corrected chi connectivity index (χ3v) is 3.52. The Morgan fingerprint density at radius 1 is 1.20 bits per heavy atom. The van der Waals surface area contributed by atoms with Crippen molar-refractivity contribution in [3.8, 4) is 0 Å². The van der Waals surface area contributed by atoms with E-state index in [1.807, 2.05) is 5.32 Å². The molecule has 1 aromatic heterocycles. The number of aliphatic hydroxyl groups is 1. The summed E-state index contributed by atoms with van der Waals surface area (Å²) in [6, 6.07) is 4.20. The van der Waals surface area contributed by atoms with E-state index in [1.165, 1.54) is 0 Å². The predicted molar refractivity (Wildman–Crippen MR) is 85.8 cm³/mol. The molecule has 1 heterocycles. The number of furan rings is 1. The van der Waals surface area contributed by atoms with Gasteiger partial charge in [-0.25, -0.2) is 8.78 Å². The summed E-state index contributed by atoms with van der Waals surface area (Å²) in [5.41, 5.74) is 0.183. The van der Waals surface area contributed by atoms with Crippen molar-refractivity contribution in [1.29, 1.82) is 0 Å². The van der Waals surface area contributed by atoms with Crippen LogP contribution in [0.15, 0.2) is 28.7 Å². The quantitative estimate of drug-likeness (QED) is 0.721. The van der Waals surface area contributed by atoms with Crippen molar-refractivity contribution in [3.05, 3.63) is 53.0 Å². The summed E-state index contributed by atoms with van der Waals surface area (Å²) in [4.78, 5) is 23.4. The molecular weight excluding hydrogens is 334 g/mol. The molecule has 2 rings (SSSR count). The van der Waals surface area contributed by atoms with E-state index < -0.39 is 35.2 Å². The van der Waals surface area contributed by atoms with Gasteiger partial charge in [-0.1, -0.05) is 0 Å². The fourth-order valence-corrected chi connectivity index (χ4v) is 2.31. The maximum atomic E-state index is 13.4. The first-order valence-corrected chi connectivity index (χ1v) is 7.57. The summed E-state index contributed by atoms with van der Waals surface area (Å²) in [5, 5.41) is 14.4. The highest BCUT2D eigenvalue weighted by atomic mass is 19.1. The monoisotopic (exact) mass is 352 g/mol. The lowest BCUT2D eigenvalue weighted by Crippen LogP contribution is -2.36. The molecule has 1 aromatic carbocycles. The number of hydrogen-bond donors (Lipinski definition) is 3. The van der Waals surface area contributed by atoms with Gasteiger partial charge in [0.2, 0.25) is 0 Å². The standard InChI is InChI=1S/C17H18F2N2O4/c1-9-7-12(10(2)25-9)15(22)5-6-20-16(23)17(24)21-14-8-11(18)3-4-13(14)19/h3-4,7-8,15,22H,5-6H2,1-2H3,(H,20,23)(H,21,24). The minimum Gasteiger partial charge on any atom is -0.466 e. The van der Waals surface area contributed by atoms with Crippen LogP contribution in [-0.2, 0) is 9.59 Å². The normalized spacial score (nSPS) is 11.9. The van der Waals surface area contributed by atoms with Gasteiger partial charge in [-0.15, -0.1) is 0 Å². The predicted octanol–water partition coefficient (Wildman–Crippen LogP) is 2.35. The Balaban J connectivity index is 1.84. The lowest BCUT2D eigenvalue weighted by atomic mass is 10.1. The number of hydrogen-bond acceptors (Lipinski definition) is 4. The lowest BCUT2D eigenvalue weighted by Gasteiger charge is -2.11. The largest absolute Gasteiger partial charge is 0.466 e. The molecule has 2 aromatic rings. The van der Waals surface area contributed by atoms with Crippen LogP contribution in [0.2, 0.25) is 0 Å². The number of rotatable bonds is 5. The highest BCUT2D eigenvalue weighted by Crippen LogP contribution is 2.23. The molecule has 0 radical (unpaired) electrons. The SMILES string of the molecule is Cc1cc(C(O)CCNC(=O)C(=O)Nc2cc(F)ccc2F)c(C)o1. The van der Waals surface area contributed by atoms with Crippen LogP contribution in [0.5, 0.6) is 0 Å². The van der Waals surface area contributed by atoms with Gasteiger partial charge in [-0.3, -0.25) is 9.59 Å². The number of nitrogens with one attached hydrogen (secondary N) is 2. The van der Waals surface area contributed by atoms with E-state index in [1.54, 1.807) is 19.9 Å². The molecule has 1 atom stereocenters. The van der Waals surface area contributed by atoms with Crippen LogP contribution in [0.25, 0.3) is 0 Å². The van der Waals surface area contributed by atoms with E-state index in [0.717, 1.165) is 18.2 Å². The van der Waals surface area contributed by atoms with E-state index in [4.69, 9.17) is 4.42 Å². The molecule has 0 spiro atoms. The van der Waals surface area contributed by atoms with Crippen LogP contribution in [-0.4, -0.2) is 23.5 Å². The zero-order valence-corrected chi connectivity index (χ0v) is 13.7.